The minimum Gasteiger partial charge on any atom is -0.478 e. The van der Waals surface area contributed by atoms with Crippen molar-refractivity contribution in [3.8, 4) is 11.1 Å². The molecule has 3 aromatic rings. The first-order chi connectivity index (χ1) is 11.4. The molecule has 24 heavy (non-hydrogen) atoms. The Morgan fingerprint density at radius 1 is 1.04 bits per heavy atom. The van der Waals surface area contributed by atoms with Gasteiger partial charge in [0, 0.05) is 11.5 Å². The van der Waals surface area contributed by atoms with Gasteiger partial charge in [-0.05, 0) is 41.5 Å². The average Bonchev–Trinajstić information content (AvgIpc) is 2.53. The first kappa shape index (κ1) is 15.3. The molecule has 0 amide bonds. The quantitative estimate of drug-likeness (QED) is 0.384. The predicted octanol–water partition coefficient (Wildman–Crippen LogP) is 2.06. The van der Waals surface area contributed by atoms with E-state index in [2.05, 4.69) is 4.99 Å². The van der Waals surface area contributed by atoms with E-state index in [4.69, 9.17) is 15.9 Å². The third-order valence-corrected chi connectivity index (χ3v) is 3.43. The van der Waals surface area contributed by atoms with Crippen molar-refractivity contribution in [3.05, 3.63) is 64.5 Å². The van der Waals surface area contributed by atoms with Crippen LogP contribution in [-0.4, -0.2) is 17.0 Å². The summed E-state index contributed by atoms with van der Waals surface area (Å²) in [5.74, 6) is -1.22. The topological polar surface area (TPSA) is 132 Å². The molecule has 7 heteroatoms. The monoisotopic (exact) mass is 323 g/mol. The summed E-state index contributed by atoms with van der Waals surface area (Å²) in [5.41, 5.74) is 12.1. The van der Waals surface area contributed by atoms with E-state index in [0.717, 1.165) is 5.39 Å². The van der Waals surface area contributed by atoms with Gasteiger partial charge in [0.05, 0.1) is 11.3 Å². The van der Waals surface area contributed by atoms with Gasteiger partial charge in [-0.25, -0.2) is 14.6 Å². The van der Waals surface area contributed by atoms with Crippen LogP contribution in [0.2, 0.25) is 0 Å². The van der Waals surface area contributed by atoms with Crippen molar-refractivity contribution >= 4 is 28.6 Å². The van der Waals surface area contributed by atoms with Crippen LogP contribution in [-0.2, 0) is 0 Å². The molecule has 0 saturated carbocycles. The molecule has 0 bridgehead atoms. The number of carboxylic acid groups (broad SMARTS) is 1. The lowest BCUT2D eigenvalue weighted by Gasteiger charge is -2.08. The van der Waals surface area contributed by atoms with Crippen LogP contribution in [0.5, 0.6) is 0 Å². The van der Waals surface area contributed by atoms with Gasteiger partial charge in [-0.1, -0.05) is 12.1 Å². The molecule has 0 aliphatic carbocycles. The van der Waals surface area contributed by atoms with Crippen LogP contribution in [0.1, 0.15) is 10.4 Å². The van der Waals surface area contributed by atoms with Gasteiger partial charge in [-0.2, -0.15) is 0 Å². The van der Waals surface area contributed by atoms with Crippen LogP contribution in [0.15, 0.2) is 62.7 Å². The Kier molecular flexibility index (Phi) is 3.75. The minimum atomic E-state index is -1.09. The van der Waals surface area contributed by atoms with E-state index in [1.165, 1.54) is 18.2 Å². The molecule has 0 saturated heterocycles. The maximum absolute atomic E-state index is 11.5. The lowest BCUT2D eigenvalue weighted by molar-refractivity contribution is 0.0698. The van der Waals surface area contributed by atoms with Crippen molar-refractivity contribution in [2.24, 2.45) is 16.5 Å². The zero-order chi connectivity index (χ0) is 17.3. The number of carbonyl (C=O) groups is 1. The van der Waals surface area contributed by atoms with Gasteiger partial charge < -0.3 is 21.0 Å². The summed E-state index contributed by atoms with van der Waals surface area (Å²) >= 11 is 0. The lowest BCUT2D eigenvalue weighted by atomic mass is 9.98. The number of fused-ring (bicyclic) bond motifs is 1. The van der Waals surface area contributed by atoms with Crippen LogP contribution in [0.25, 0.3) is 22.1 Å². The molecule has 2 aromatic carbocycles. The summed E-state index contributed by atoms with van der Waals surface area (Å²) in [4.78, 5) is 26.8. The molecule has 1 heterocycles. The van der Waals surface area contributed by atoms with Gasteiger partial charge in [-0.3, -0.25) is 0 Å². The molecule has 0 spiro atoms. The highest BCUT2D eigenvalue weighted by Gasteiger charge is 2.13. The SMILES string of the molecule is NC(N)=Nc1ccc(C(=O)O)c(-c2ccc3ccc(=O)oc3c2)c1. The molecule has 5 N–H and O–H groups in total. The first-order valence-electron chi connectivity index (χ1n) is 6.95. The molecule has 3 rings (SSSR count). The van der Waals surface area contributed by atoms with Crippen molar-refractivity contribution in [1.29, 1.82) is 0 Å². The summed E-state index contributed by atoms with van der Waals surface area (Å²) < 4.78 is 5.15. The fourth-order valence-corrected chi connectivity index (χ4v) is 2.40. The van der Waals surface area contributed by atoms with Crippen molar-refractivity contribution in [2.45, 2.75) is 0 Å². The fourth-order valence-electron chi connectivity index (χ4n) is 2.40. The second-order valence-electron chi connectivity index (χ2n) is 5.08. The van der Waals surface area contributed by atoms with E-state index in [1.54, 1.807) is 30.3 Å². The molecule has 120 valence electrons. The molecule has 7 nitrogen and oxygen atoms in total. The fraction of sp³-hybridized carbons (Fsp3) is 0. The summed E-state index contributed by atoms with van der Waals surface area (Å²) in [7, 11) is 0. The Bertz CT molecular complexity index is 1030. The molecule has 1 aromatic heterocycles. The van der Waals surface area contributed by atoms with Crippen molar-refractivity contribution < 1.29 is 14.3 Å². The molecule has 0 atom stereocenters. The zero-order valence-corrected chi connectivity index (χ0v) is 12.4. The smallest absolute Gasteiger partial charge is 0.336 e. The second-order valence-corrected chi connectivity index (χ2v) is 5.08. The van der Waals surface area contributed by atoms with Crippen LogP contribution < -0.4 is 17.1 Å². The first-order valence-corrected chi connectivity index (χ1v) is 6.95. The van der Waals surface area contributed by atoms with Gasteiger partial charge in [0.15, 0.2) is 5.96 Å². The standard InChI is InChI=1S/C17H13N3O4/c18-17(19)20-11-4-5-12(16(22)23)13(8-11)10-2-1-9-3-6-15(21)24-14(9)7-10/h1-8H,(H,22,23)(H4,18,19,20). The van der Waals surface area contributed by atoms with E-state index < -0.39 is 11.6 Å². The second kappa shape index (κ2) is 5.88. The molecular weight excluding hydrogens is 310 g/mol. The summed E-state index contributed by atoms with van der Waals surface area (Å²) in [6.07, 6.45) is 0. The van der Waals surface area contributed by atoms with Gasteiger partial charge in [0.1, 0.15) is 5.58 Å². The van der Waals surface area contributed by atoms with E-state index in [0.29, 0.717) is 22.4 Å². The molecule has 0 unspecified atom stereocenters. The Hall–Kier alpha value is -3.61. The Balaban J connectivity index is 2.24. The normalized spacial score (nSPS) is 10.5. The predicted molar refractivity (Wildman–Crippen MR) is 90.3 cm³/mol. The van der Waals surface area contributed by atoms with Crippen LogP contribution in [0, 0.1) is 0 Å². The lowest BCUT2D eigenvalue weighted by Crippen LogP contribution is -2.21. The van der Waals surface area contributed by atoms with E-state index in [-0.39, 0.29) is 11.5 Å². The van der Waals surface area contributed by atoms with E-state index in [1.807, 2.05) is 0 Å². The highest BCUT2D eigenvalue weighted by Crippen LogP contribution is 2.30. The summed E-state index contributed by atoms with van der Waals surface area (Å²) in [6, 6.07) is 12.5. The molecule has 0 aliphatic rings. The third kappa shape index (κ3) is 2.95. The number of aliphatic imine (C=N–C) groups is 1. The Morgan fingerprint density at radius 2 is 1.79 bits per heavy atom. The minimum absolute atomic E-state index is 0.0853. The number of nitrogens with zero attached hydrogens (tertiary/aromatic N) is 1. The van der Waals surface area contributed by atoms with E-state index >= 15 is 0 Å². The Morgan fingerprint density at radius 3 is 2.50 bits per heavy atom. The van der Waals surface area contributed by atoms with Crippen molar-refractivity contribution in [1.82, 2.24) is 0 Å². The largest absolute Gasteiger partial charge is 0.478 e. The van der Waals surface area contributed by atoms with Crippen LogP contribution >= 0.6 is 0 Å². The molecular formula is C17H13N3O4. The van der Waals surface area contributed by atoms with Crippen LogP contribution in [0.3, 0.4) is 0 Å². The number of carboxylic acids is 1. The van der Waals surface area contributed by atoms with Gasteiger partial charge in [0.2, 0.25) is 0 Å². The van der Waals surface area contributed by atoms with Gasteiger partial charge in [0.25, 0.3) is 0 Å². The van der Waals surface area contributed by atoms with Crippen molar-refractivity contribution in [2.75, 3.05) is 0 Å². The maximum atomic E-state index is 11.5. The molecule has 0 fully saturated rings. The Labute approximate surface area is 135 Å². The number of guanidine groups is 1. The number of hydrogen-bond acceptors (Lipinski definition) is 4. The van der Waals surface area contributed by atoms with Crippen molar-refractivity contribution in [3.63, 3.8) is 0 Å². The van der Waals surface area contributed by atoms with Gasteiger partial charge >= 0.3 is 11.6 Å². The highest BCUT2D eigenvalue weighted by molar-refractivity contribution is 5.98. The number of hydrogen-bond donors (Lipinski definition) is 3. The summed E-state index contributed by atoms with van der Waals surface area (Å²) in [6.45, 7) is 0. The number of benzene rings is 2. The molecule has 0 radical (unpaired) electrons. The number of aromatic carboxylic acids is 1. The highest BCUT2D eigenvalue weighted by atomic mass is 16.4. The van der Waals surface area contributed by atoms with Gasteiger partial charge in [-0.15, -0.1) is 0 Å². The molecule has 0 aliphatic heterocycles. The third-order valence-electron chi connectivity index (χ3n) is 3.43. The number of rotatable bonds is 3. The van der Waals surface area contributed by atoms with Crippen LogP contribution in [0.4, 0.5) is 5.69 Å². The van der Waals surface area contributed by atoms with E-state index in [9.17, 15) is 14.7 Å². The number of nitrogens with two attached hydrogens (primary N) is 2. The zero-order valence-electron chi connectivity index (χ0n) is 12.4. The summed E-state index contributed by atoms with van der Waals surface area (Å²) in [5, 5.41) is 10.1. The maximum Gasteiger partial charge on any atom is 0.336 e. The average molecular weight is 323 g/mol.